The van der Waals surface area contributed by atoms with Crippen molar-refractivity contribution in [3.8, 4) is 0 Å². The first-order valence-electron chi connectivity index (χ1n) is 12.0. The van der Waals surface area contributed by atoms with Crippen LogP contribution in [0.2, 0.25) is 18.1 Å². The molecule has 2 unspecified atom stereocenters. The fourth-order valence-electron chi connectivity index (χ4n) is 3.74. The van der Waals surface area contributed by atoms with Gasteiger partial charge in [0.25, 0.3) is 0 Å². The molecule has 0 aromatic heterocycles. The zero-order valence-corrected chi connectivity index (χ0v) is 22.2. The van der Waals surface area contributed by atoms with Crippen LogP contribution < -0.4 is 0 Å². The Morgan fingerprint density at radius 3 is 1.68 bits per heavy atom. The monoisotopic (exact) mass is 458 g/mol. The molecule has 1 fully saturated rings. The van der Waals surface area contributed by atoms with E-state index in [9.17, 15) is 9.59 Å². The Labute approximate surface area is 190 Å². The molecule has 31 heavy (non-hydrogen) atoms. The number of hydrogen-bond acceptors (Lipinski definition) is 6. The first-order valence-corrected chi connectivity index (χ1v) is 14.9. The summed E-state index contributed by atoms with van der Waals surface area (Å²) in [6.45, 7) is 12.5. The van der Waals surface area contributed by atoms with Crippen molar-refractivity contribution in [2.24, 2.45) is 0 Å². The normalized spacial score (nSPS) is 23.5. The predicted molar refractivity (Wildman–Crippen MR) is 125 cm³/mol. The number of methoxy groups -OCH3 is 2. The number of carbonyl (C=O) groups excluding carboxylic acids is 2. The molecule has 182 valence electrons. The van der Waals surface area contributed by atoms with Crippen molar-refractivity contribution in [3.63, 3.8) is 0 Å². The number of esters is 2. The van der Waals surface area contributed by atoms with Gasteiger partial charge in [-0.2, -0.15) is 0 Å². The van der Waals surface area contributed by atoms with Crippen LogP contribution in [0.1, 0.15) is 98.3 Å². The van der Waals surface area contributed by atoms with Crippen molar-refractivity contribution >= 4 is 20.3 Å². The maximum absolute atomic E-state index is 12.8. The molecule has 0 amide bonds. The predicted octanol–water partition coefficient (Wildman–Crippen LogP) is 6.13. The minimum Gasteiger partial charge on any atom is -0.467 e. The van der Waals surface area contributed by atoms with Crippen LogP contribution in [0, 0.1) is 0 Å². The van der Waals surface area contributed by atoms with E-state index in [0.29, 0.717) is 6.42 Å². The lowest BCUT2D eigenvalue weighted by Gasteiger charge is -2.38. The van der Waals surface area contributed by atoms with Crippen LogP contribution in [0.25, 0.3) is 0 Å². The standard InChI is InChI=1S/C24H46O6Si/c1-9-10-11-12-13-14-15-16-17-18-19-23(20(25)27-5)24(29-23,21(26)28-6)30-31(7,8)22(2,3)4/h9-19H2,1-8H3. The van der Waals surface area contributed by atoms with E-state index in [1.54, 1.807) is 0 Å². The summed E-state index contributed by atoms with van der Waals surface area (Å²) in [4.78, 5) is 25.5. The second kappa shape index (κ2) is 11.8. The smallest absolute Gasteiger partial charge is 0.369 e. The molecule has 1 aliphatic rings. The van der Waals surface area contributed by atoms with Gasteiger partial charge in [-0.15, -0.1) is 0 Å². The summed E-state index contributed by atoms with van der Waals surface area (Å²) in [5, 5.41) is -0.154. The number of hydrogen-bond donors (Lipinski definition) is 0. The highest BCUT2D eigenvalue weighted by Crippen LogP contribution is 2.57. The summed E-state index contributed by atoms with van der Waals surface area (Å²) in [5.41, 5.74) is -1.41. The molecule has 1 rings (SSSR count). The van der Waals surface area contributed by atoms with Gasteiger partial charge in [0.05, 0.1) is 14.2 Å². The minimum atomic E-state index is -2.42. The van der Waals surface area contributed by atoms with Gasteiger partial charge >= 0.3 is 17.7 Å². The maximum Gasteiger partial charge on any atom is 0.369 e. The fraction of sp³-hybridized carbons (Fsp3) is 0.917. The van der Waals surface area contributed by atoms with Gasteiger partial charge in [-0.3, -0.25) is 0 Å². The molecule has 0 saturated carbocycles. The van der Waals surface area contributed by atoms with E-state index in [1.807, 2.05) is 13.1 Å². The molecule has 0 aromatic rings. The molecule has 0 aromatic carbocycles. The fourth-order valence-corrected chi connectivity index (χ4v) is 5.05. The van der Waals surface area contributed by atoms with Crippen LogP contribution in [0.5, 0.6) is 0 Å². The van der Waals surface area contributed by atoms with Gasteiger partial charge in [-0.1, -0.05) is 85.5 Å². The Bertz CT molecular complexity index is 585. The van der Waals surface area contributed by atoms with E-state index in [0.717, 1.165) is 19.3 Å². The van der Waals surface area contributed by atoms with E-state index in [-0.39, 0.29) is 5.04 Å². The summed E-state index contributed by atoms with van der Waals surface area (Å²) in [5.74, 6) is -2.92. The maximum atomic E-state index is 12.8. The molecule has 7 heteroatoms. The highest BCUT2D eigenvalue weighted by molar-refractivity contribution is 6.74. The van der Waals surface area contributed by atoms with Gasteiger partial charge in [-0.25, -0.2) is 9.59 Å². The van der Waals surface area contributed by atoms with Crippen molar-refractivity contribution in [3.05, 3.63) is 0 Å². The first-order chi connectivity index (χ1) is 14.4. The van der Waals surface area contributed by atoms with Crippen LogP contribution in [0.15, 0.2) is 0 Å². The van der Waals surface area contributed by atoms with Gasteiger partial charge in [0.1, 0.15) is 0 Å². The average molecular weight is 459 g/mol. The Hall–Kier alpha value is -0.923. The Balaban J connectivity index is 2.72. The summed E-state index contributed by atoms with van der Waals surface area (Å²) < 4.78 is 22.3. The molecular weight excluding hydrogens is 412 g/mol. The number of carbonyl (C=O) groups is 2. The van der Waals surface area contributed by atoms with Crippen molar-refractivity contribution < 1.29 is 28.2 Å². The summed E-state index contributed by atoms with van der Waals surface area (Å²) in [6, 6.07) is 0. The Morgan fingerprint density at radius 2 is 1.26 bits per heavy atom. The third kappa shape index (κ3) is 6.78. The van der Waals surface area contributed by atoms with E-state index in [1.165, 1.54) is 59.2 Å². The summed E-state index contributed by atoms with van der Waals surface area (Å²) >= 11 is 0. The lowest BCUT2D eigenvalue weighted by molar-refractivity contribution is -0.161. The van der Waals surface area contributed by atoms with Gasteiger partial charge in [-0.05, 0) is 31.0 Å². The SMILES string of the molecule is CCCCCCCCCCCCC1(C(=O)OC)OC1(O[Si](C)(C)C(C)(C)C)C(=O)OC. The Kier molecular flexibility index (Phi) is 10.7. The van der Waals surface area contributed by atoms with Crippen LogP contribution >= 0.6 is 0 Å². The minimum absolute atomic E-state index is 0.154. The highest BCUT2D eigenvalue weighted by atomic mass is 28.4. The molecule has 0 radical (unpaired) electrons. The number of epoxide rings is 1. The second-order valence-electron chi connectivity index (χ2n) is 10.3. The molecule has 6 nitrogen and oxygen atoms in total. The van der Waals surface area contributed by atoms with Crippen LogP contribution in [0.3, 0.4) is 0 Å². The topological polar surface area (TPSA) is 74.4 Å². The van der Waals surface area contributed by atoms with Crippen LogP contribution in [-0.4, -0.2) is 45.9 Å². The van der Waals surface area contributed by atoms with Gasteiger partial charge in [0.2, 0.25) is 5.60 Å². The summed E-state index contributed by atoms with van der Waals surface area (Å²) in [6.07, 6.45) is 12.2. The lowest BCUT2D eigenvalue weighted by atomic mass is 9.94. The van der Waals surface area contributed by atoms with Gasteiger partial charge in [0.15, 0.2) is 8.32 Å². The second-order valence-corrected chi connectivity index (χ2v) is 15.0. The molecule has 1 saturated heterocycles. The van der Waals surface area contributed by atoms with Crippen molar-refractivity contribution in [1.82, 2.24) is 0 Å². The zero-order chi connectivity index (χ0) is 23.8. The van der Waals surface area contributed by atoms with Gasteiger partial charge < -0.3 is 18.6 Å². The molecule has 1 aliphatic heterocycles. The van der Waals surface area contributed by atoms with E-state index >= 15 is 0 Å². The molecule has 0 bridgehead atoms. The number of unbranched alkanes of at least 4 members (excludes halogenated alkanes) is 9. The number of rotatable bonds is 15. The third-order valence-corrected chi connectivity index (χ3v) is 11.3. The van der Waals surface area contributed by atoms with Crippen molar-refractivity contribution in [1.29, 1.82) is 0 Å². The van der Waals surface area contributed by atoms with Crippen molar-refractivity contribution in [2.45, 2.75) is 128 Å². The Morgan fingerprint density at radius 1 is 0.806 bits per heavy atom. The van der Waals surface area contributed by atoms with Crippen molar-refractivity contribution in [2.75, 3.05) is 14.2 Å². The van der Waals surface area contributed by atoms with Crippen LogP contribution in [0.4, 0.5) is 0 Å². The lowest BCUT2D eigenvalue weighted by Crippen LogP contribution is -2.52. The largest absolute Gasteiger partial charge is 0.467 e. The van der Waals surface area contributed by atoms with E-state index in [4.69, 9.17) is 18.6 Å². The van der Waals surface area contributed by atoms with E-state index < -0.39 is 31.6 Å². The average Bonchev–Trinajstić information content (AvgIpc) is 3.35. The quantitative estimate of drug-likeness (QED) is 0.127. The first kappa shape index (κ1) is 28.1. The molecule has 0 aliphatic carbocycles. The highest BCUT2D eigenvalue weighted by Gasteiger charge is 2.83. The molecule has 0 spiro atoms. The molecule has 2 atom stereocenters. The summed E-state index contributed by atoms with van der Waals surface area (Å²) in [7, 11) is 0.196. The molecular formula is C24H46O6Si. The zero-order valence-electron chi connectivity index (χ0n) is 21.2. The molecule has 1 heterocycles. The van der Waals surface area contributed by atoms with Crippen LogP contribution in [-0.2, 0) is 28.2 Å². The number of ether oxygens (including phenoxy) is 3. The van der Waals surface area contributed by atoms with Gasteiger partial charge in [0, 0.05) is 0 Å². The molecule has 0 N–H and O–H groups in total. The third-order valence-electron chi connectivity index (χ3n) is 6.86. The van der Waals surface area contributed by atoms with E-state index in [2.05, 4.69) is 27.7 Å².